The van der Waals surface area contributed by atoms with Gasteiger partial charge in [0.1, 0.15) is 6.07 Å². The van der Waals surface area contributed by atoms with Crippen LogP contribution in [-0.2, 0) is 0 Å². The van der Waals surface area contributed by atoms with E-state index in [0.717, 1.165) is 11.1 Å². The topological polar surface area (TPSA) is 45.9 Å². The molecule has 1 heterocycles. The number of nitrogens with zero attached hydrogens (tertiary/aromatic N) is 2. The zero-order chi connectivity index (χ0) is 12.3. The van der Waals surface area contributed by atoms with Gasteiger partial charge in [-0.2, -0.15) is 5.26 Å². The van der Waals surface area contributed by atoms with Crippen molar-refractivity contribution >= 4 is 11.6 Å². The Hall–Kier alpha value is -2.05. The maximum atomic E-state index is 8.86. The van der Waals surface area contributed by atoms with Crippen molar-refractivity contribution in [2.45, 2.75) is 0 Å². The second-order valence-electron chi connectivity index (χ2n) is 3.40. The van der Waals surface area contributed by atoms with Crippen molar-refractivity contribution in [3.8, 4) is 23.1 Å². The molecule has 0 saturated heterocycles. The molecule has 0 atom stereocenters. The Balaban J connectivity index is 2.56. The lowest BCUT2D eigenvalue weighted by atomic mass is 10.1. The van der Waals surface area contributed by atoms with E-state index in [4.69, 9.17) is 21.6 Å². The van der Waals surface area contributed by atoms with Crippen LogP contribution in [0.15, 0.2) is 36.5 Å². The molecule has 1 aromatic heterocycles. The predicted molar refractivity (Wildman–Crippen MR) is 66.0 cm³/mol. The maximum absolute atomic E-state index is 8.86. The zero-order valence-corrected chi connectivity index (χ0v) is 9.90. The Morgan fingerprint density at radius 1 is 1.29 bits per heavy atom. The molecule has 17 heavy (non-hydrogen) atoms. The summed E-state index contributed by atoms with van der Waals surface area (Å²) in [6.45, 7) is 0. The van der Waals surface area contributed by atoms with Crippen molar-refractivity contribution in [1.29, 1.82) is 5.26 Å². The van der Waals surface area contributed by atoms with E-state index in [1.54, 1.807) is 25.3 Å². The molecule has 0 fully saturated rings. The van der Waals surface area contributed by atoms with Crippen LogP contribution in [0.1, 0.15) is 5.56 Å². The molecule has 84 valence electrons. The van der Waals surface area contributed by atoms with E-state index in [1.165, 1.54) is 6.20 Å². The van der Waals surface area contributed by atoms with Crippen molar-refractivity contribution < 1.29 is 4.74 Å². The van der Waals surface area contributed by atoms with E-state index in [0.29, 0.717) is 16.5 Å². The van der Waals surface area contributed by atoms with Gasteiger partial charge >= 0.3 is 0 Å². The van der Waals surface area contributed by atoms with Gasteiger partial charge in [0.05, 0.1) is 12.7 Å². The smallest absolute Gasteiger partial charge is 0.221 e. The Labute approximate surface area is 104 Å². The van der Waals surface area contributed by atoms with Gasteiger partial charge in [-0.15, -0.1) is 0 Å². The molecule has 0 aliphatic carbocycles. The molecular weight excluding hydrogens is 236 g/mol. The highest BCUT2D eigenvalue weighted by molar-refractivity contribution is 6.30. The largest absolute Gasteiger partial charge is 0.481 e. The van der Waals surface area contributed by atoms with E-state index in [9.17, 15) is 0 Å². The van der Waals surface area contributed by atoms with Crippen LogP contribution in [0.3, 0.4) is 0 Å². The Bertz CT molecular complexity index is 573. The third-order valence-corrected chi connectivity index (χ3v) is 2.58. The molecule has 0 bridgehead atoms. The van der Waals surface area contributed by atoms with Crippen molar-refractivity contribution in [3.63, 3.8) is 0 Å². The second kappa shape index (κ2) is 4.86. The fraction of sp³-hybridized carbons (Fsp3) is 0.0769. The number of benzene rings is 1. The molecule has 0 spiro atoms. The number of aromatic nitrogens is 1. The lowest BCUT2D eigenvalue weighted by molar-refractivity contribution is 0.399. The summed E-state index contributed by atoms with van der Waals surface area (Å²) in [6, 6.07) is 11.1. The summed E-state index contributed by atoms with van der Waals surface area (Å²) in [7, 11) is 1.55. The highest BCUT2D eigenvalue weighted by Gasteiger charge is 2.08. The molecule has 2 rings (SSSR count). The first-order valence-electron chi connectivity index (χ1n) is 4.94. The lowest BCUT2D eigenvalue weighted by Gasteiger charge is -2.07. The Morgan fingerprint density at radius 2 is 2.00 bits per heavy atom. The van der Waals surface area contributed by atoms with Crippen molar-refractivity contribution in [3.05, 3.63) is 47.1 Å². The van der Waals surface area contributed by atoms with E-state index >= 15 is 0 Å². The third kappa shape index (κ3) is 2.38. The van der Waals surface area contributed by atoms with Crippen LogP contribution >= 0.6 is 11.6 Å². The highest BCUT2D eigenvalue weighted by atomic mass is 35.5. The average molecular weight is 245 g/mol. The van der Waals surface area contributed by atoms with Gasteiger partial charge < -0.3 is 4.74 Å². The van der Waals surface area contributed by atoms with Crippen molar-refractivity contribution in [2.24, 2.45) is 0 Å². The van der Waals surface area contributed by atoms with Gasteiger partial charge in [-0.05, 0) is 23.8 Å². The fourth-order valence-corrected chi connectivity index (χ4v) is 1.64. The van der Waals surface area contributed by atoms with Crippen LogP contribution in [0, 0.1) is 11.3 Å². The number of rotatable bonds is 2. The standard InChI is InChI=1S/C13H9ClN2O/c1-17-13-12(6-9(7-15)8-16-13)10-2-4-11(14)5-3-10/h2-6,8H,1H3. The average Bonchev–Trinajstić information content (AvgIpc) is 2.39. The molecule has 0 radical (unpaired) electrons. The number of ether oxygens (including phenoxy) is 1. The molecule has 4 heteroatoms. The SMILES string of the molecule is COc1ncc(C#N)cc1-c1ccc(Cl)cc1. The Morgan fingerprint density at radius 3 is 2.59 bits per heavy atom. The van der Waals surface area contributed by atoms with Crippen LogP contribution in [0.4, 0.5) is 0 Å². The molecule has 2 aromatic rings. The molecule has 0 aliphatic rings. The van der Waals surface area contributed by atoms with Crippen molar-refractivity contribution in [2.75, 3.05) is 7.11 Å². The van der Waals surface area contributed by atoms with E-state index in [2.05, 4.69) is 11.1 Å². The quantitative estimate of drug-likeness (QED) is 0.814. The van der Waals surface area contributed by atoms with Gasteiger partial charge in [0.15, 0.2) is 0 Å². The van der Waals surface area contributed by atoms with Crippen LogP contribution in [0.2, 0.25) is 5.02 Å². The summed E-state index contributed by atoms with van der Waals surface area (Å²) in [5.74, 6) is 0.492. The van der Waals surface area contributed by atoms with Gasteiger partial charge in [0.25, 0.3) is 0 Å². The van der Waals surface area contributed by atoms with Gasteiger partial charge in [-0.25, -0.2) is 4.98 Å². The maximum Gasteiger partial charge on any atom is 0.221 e. The number of nitriles is 1. The van der Waals surface area contributed by atoms with Crippen LogP contribution in [0.5, 0.6) is 5.88 Å². The molecule has 0 amide bonds. The molecule has 1 aromatic carbocycles. The first-order chi connectivity index (χ1) is 8.24. The second-order valence-corrected chi connectivity index (χ2v) is 3.84. The summed E-state index contributed by atoms with van der Waals surface area (Å²) in [6.07, 6.45) is 1.48. The zero-order valence-electron chi connectivity index (χ0n) is 9.14. The summed E-state index contributed by atoms with van der Waals surface area (Å²) in [5.41, 5.74) is 2.19. The van der Waals surface area contributed by atoms with Gasteiger partial charge in [0, 0.05) is 16.8 Å². The van der Waals surface area contributed by atoms with Crippen LogP contribution < -0.4 is 4.74 Å². The number of methoxy groups -OCH3 is 1. The van der Waals surface area contributed by atoms with Crippen LogP contribution in [0.25, 0.3) is 11.1 Å². The number of pyridine rings is 1. The minimum atomic E-state index is 0.492. The first kappa shape index (κ1) is 11.4. The molecule has 3 nitrogen and oxygen atoms in total. The van der Waals surface area contributed by atoms with E-state index in [-0.39, 0.29) is 0 Å². The minimum absolute atomic E-state index is 0.492. The molecular formula is C13H9ClN2O. The van der Waals surface area contributed by atoms with E-state index in [1.807, 2.05) is 12.1 Å². The summed E-state index contributed by atoms with van der Waals surface area (Å²) in [5, 5.41) is 9.53. The van der Waals surface area contributed by atoms with Gasteiger partial charge in [-0.3, -0.25) is 0 Å². The summed E-state index contributed by atoms with van der Waals surface area (Å²) >= 11 is 5.83. The number of hydrogen-bond acceptors (Lipinski definition) is 3. The Kier molecular flexibility index (Phi) is 3.27. The number of halogens is 1. The molecule has 0 N–H and O–H groups in total. The third-order valence-electron chi connectivity index (χ3n) is 2.33. The molecule has 0 saturated carbocycles. The molecule has 0 unspecified atom stereocenters. The summed E-state index contributed by atoms with van der Waals surface area (Å²) < 4.78 is 5.18. The van der Waals surface area contributed by atoms with Crippen molar-refractivity contribution in [1.82, 2.24) is 4.98 Å². The minimum Gasteiger partial charge on any atom is -0.481 e. The van der Waals surface area contributed by atoms with E-state index < -0.39 is 0 Å². The molecule has 0 aliphatic heterocycles. The first-order valence-corrected chi connectivity index (χ1v) is 5.32. The van der Waals surface area contributed by atoms with Gasteiger partial charge in [0.2, 0.25) is 5.88 Å². The fourth-order valence-electron chi connectivity index (χ4n) is 1.51. The predicted octanol–water partition coefficient (Wildman–Crippen LogP) is 3.28. The normalized spacial score (nSPS) is 9.71. The highest BCUT2D eigenvalue weighted by Crippen LogP contribution is 2.29. The monoisotopic (exact) mass is 244 g/mol. The van der Waals surface area contributed by atoms with Gasteiger partial charge in [-0.1, -0.05) is 23.7 Å². The van der Waals surface area contributed by atoms with Crippen LogP contribution in [-0.4, -0.2) is 12.1 Å². The lowest BCUT2D eigenvalue weighted by Crippen LogP contribution is -1.92. The number of hydrogen-bond donors (Lipinski definition) is 0. The summed E-state index contributed by atoms with van der Waals surface area (Å²) in [4.78, 5) is 4.09.